The topological polar surface area (TPSA) is 49.4 Å². The number of hydrogen-bond donors (Lipinski definition) is 1. The largest absolute Gasteiger partial charge is 0.350 e. The molecule has 6 heteroatoms. The van der Waals surface area contributed by atoms with Crippen molar-refractivity contribution in [3.8, 4) is 0 Å². The van der Waals surface area contributed by atoms with Crippen molar-refractivity contribution in [2.24, 2.45) is 0 Å². The number of aryl methyl sites for hydroxylation is 3. The van der Waals surface area contributed by atoms with Crippen molar-refractivity contribution in [2.75, 3.05) is 10.2 Å². The number of nitrogens with zero attached hydrogens (tertiary/aromatic N) is 1. The normalized spacial score (nSPS) is 13.9. The van der Waals surface area contributed by atoms with Gasteiger partial charge in [-0.05, 0) is 79.4 Å². The molecule has 3 aromatic carbocycles. The summed E-state index contributed by atoms with van der Waals surface area (Å²) in [5.41, 5.74) is 5.39. The van der Waals surface area contributed by atoms with Gasteiger partial charge in [0.05, 0.1) is 11.3 Å². The maximum Gasteiger partial charge on any atom is 0.282 e. The van der Waals surface area contributed by atoms with E-state index in [9.17, 15) is 9.59 Å². The summed E-state index contributed by atoms with van der Waals surface area (Å²) in [5, 5.41) is 4.24. The highest BCUT2D eigenvalue weighted by molar-refractivity contribution is 6.46. The lowest BCUT2D eigenvalue weighted by molar-refractivity contribution is -0.120. The molecule has 1 aliphatic heterocycles. The van der Waals surface area contributed by atoms with Crippen molar-refractivity contribution in [1.29, 1.82) is 0 Å². The Morgan fingerprint density at radius 2 is 1.35 bits per heavy atom. The van der Waals surface area contributed by atoms with Crippen LogP contribution in [0.15, 0.2) is 66.4 Å². The molecular weight excluding hydrogens is 431 g/mol. The molecule has 0 saturated heterocycles. The summed E-state index contributed by atoms with van der Waals surface area (Å²) in [5.74, 6) is -0.822. The minimum Gasteiger partial charge on any atom is -0.350 e. The molecule has 0 spiro atoms. The zero-order valence-electron chi connectivity index (χ0n) is 17.3. The molecule has 156 valence electrons. The number of hydrogen-bond acceptors (Lipinski definition) is 3. The standard InChI is InChI=1S/C25H20Cl2N2O2/c1-14-4-6-17(12-16(14)3)22-23(28-21-13-19(27)7-5-15(21)2)25(31)29(24(22)30)20-10-8-18(26)9-11-20/h4-13,28H,1-3H3. The van der Waals surface area contributed by atoms with Gasteiger partial charge in [0, 0.05) is 15.7 Å². The summed E-state index contributed by atoms with van der Waals surface area (Å²) in [4.78, 5) is 28.1. The average molecular weight is 451 g/mol. The van der Waals surface area contributed by atoms with Crippen LogP contribution in [0.1, 0.15) is 22.3 Å². The summed E-state index contributed by atoms with van der Waals surface area (Å²) >= 11 is 12.2. The maximum absolute atomic E-state index is 13.5. The second kappa shape index (κ2) is 8.22. The fourth-order valence-electron chi connectivity index (χ4n) is 3.50. The SMILES string of the molecule is Cc1ccc(C2=C(Nc3cc(Cl)ccc3C)C(=O)N(c3ccc(Cl)cc3)C2=O)cc1C. The van der Waals surface area contributed by atoms with Gasteiger partial charge >= 0.3 is 0 Å². The number of carbonyl (C=O) groups is 2. The van der Waals surface area contributed by atoms with Crippen LogP contribution in [0.4, 0.5) is 11.4 Å². The molecule has 0 unspecified atom stereocenters. The number of benzene rings is 3. The number of imide groups is 1. The molecule has 1 heterocycles. The molecule has 3 aromatic rings. The highest BCUT2D eigenvalue weighted by Crippen LogP contribution is 2.35. The van der Waals surface area contributed by atoms with E-state index in [0.717, 1.165) is 16.7 Å². The Hall–Kier alpha value is -3.08. The second-order valence-electron chi connectivity index (χ2n) is 7.56. The van der Waals surface area contributed by atoms with Crippen LogP contribution >= 0.6 is 23.2 Å². The number of carbonyl (C=O) groups excluding carboxylic acids is 2. The molecule has 1 N–H and O–H groups in total. The molecule has 1 aliphatic rings. The van der Waals surface area contributed by atoms with Gasteiger partial charge in [0.25, 0.3) is 11.8 Å². The highest BCUT2D eigenvalue weighted by atomic mass is 35.5. The molecule has 0 fully saturated rings. The predicted molar refractivity (Wildman–Crippen MR) is 127 cm³/mol. The van der Waals surface area contributed by atoms with E-state index in [-0.39, 0.29) is 5.70 Å². The Balaban J connectivity index is 1.87. The van der Waals surface area contributed by atoms with Gasteiger partial charge < -0.3 is 5.32 Å². The quantitative estimate of drug-likeness (QED) is 0.473. The highest BCUT2D eigenvalue weighted by Gasteiger charge is 2.40. The van der Waals surface area contributed by atoms with Gasteiger partial charge in [0.15, 0.2) is 0 Å². The molecule has 0 aromatic heterocycles. The van der Waals surface area contributed by atoms with Crippen molar-refractivity contribution in [1.82, 2.24) is 0 Å². The van der Waals surface area contributed by atoms with E-state index in [0.29, 0.717) is 32.6 Å². The van der Waals surface area contributed by atoms with Crippen LogP contribution in [0.3, 0.4) is 0 Å². The smallest absolute Gasteiger partial charge is 0.282 e. The lowest BCUT2D eigenvalue weighted by atomic mass is 9.99. The van der Waals surface area contributed by atoms with Crippen molar-refractivity contribution in [2.45, 2.75) is 20.8 Å². The molecule has 0 aliphatic carbocycles. The van der Waals surface area contributed by atoms with Gasteiger partial charge in [-0.15, -0.1) is 0 Å². The summed E-state index contributed by atoms with van der Waals surface area (Å²) in [7, 11) is 0. The third kappa shape index (κ3) is 3.97. The average Bonchev–Trinajstić information content (AvgIpc) is 2.97. The third-order valence-electron chi connectivity index (χ3n) is 5.42. The molecule has 0 atom stereocenters. The Morgan fingerprint density at radius 1 is 0.710 bits per heavy atom. The van der Waals surface area contributed by atoms with Crippen molar-refractivity contribution in [3.63, 3.8) is 0 Å². The Bertz CT molecular complexity index is 1250. The molecule has 4 nitrogen and oxygen atoms in total. The van der Waals surface area contributed by atoms with Gasteiger partial charge in [-0.25, -0.2) is 4.90 Å². The number of halogens is 2. The zero-order valence-corrected chi connectivity index (χ0v) is 18.8. The molecule has 0 bridgehead atoms. The van der Waals surface area contributed by atoms with Crippen LogP contribution < -0.4 is 10.2 Å². The summed E-state index contributed by atoms with van der Waals surface area (Å²) < 4.78 is 0. The van der Waals surface area contributed by atoms with Gasteiger partial charge in [-0.3, -0.25) is 9.59 Å². The first-order chi connectivity index (χ1) is 14.8. The first-order valence-corrected chi connectivity index (χ1v) is 10.5. The van der Waals surface area contributed by atoms with Crippen molar-refractivity contribution >= 4 is 52.0 Å². The summed E-state index contributed by atoms with van der Waals surface area (Å²) in [6.45, 7) is 5.89. The van der Waals surface area contributed by atoms with Crippen LogP contribution in [0, 0.1) is 20.8 Å². The summed E-state index contributed by atoms with van der Waals surface area (Å²) in [6, 6.07) is 17.7. The maximum atomic E-state index is 13.5. The molecule has 4 rings (SSSR count). The van der Waals surface area contributed by atoms with E-state index >= 15 is 0 Å². The monoisotopic (exact) mass is 450 g/mol. The van der Waals surface area contributed by atoms with Gasteiger partial charge in [-0.1, -0.05) is 47.5 Å². The van der Waals surface area contributed by atoms with Gasteiger partial charge in [0.2, 0.25) is 0 Å². The van der Waals surface area contributed by atoms with E-state index in [1.807, 2.05) is 45.0 Å². The Kier molecular flexibility index (Phi) is 5.61. The molecule has 2 amide bonds. The van der Waals surface area contributed by atoms with Gasteiger partial charge in [0.1, 0.15) is 5.70 Å². The van der Waals surface area contributed by atoms with Crippen molar-refractivity contribution < 1.29 is 9.59 Å². The van der Waals surface area contributed by atoms with Crippen LogP contribution in [0.25, 0.3) is 5.57 Å². The van der Waals surface area contributed by atoms with Crippen LogP contribution in [0.5, 0.6) is 0 Å². The predicted octanol–water partition coefficient (Wildman–Crippen LogP) is 6.32. The summed E-state index contributed by atoms with van der Waals surface area (Å²) in [6.07, 6.45) is 0. The lowest BCUT2D eigenvalue weighted by Gasteiger charge is -2.16. The molecule has 0 saturated carbocycles. The van der Waals surface area contributed by atoms with E-state index in [2.05, 4.69) is 5.32 Å². The number of amides is 2. The van der Waals surface area contributed by atoms with Crippen LogP contribution in [0.2, 0.25) is 10.0 Å². The van der Waals surface area contributed by atoms with E-state index in [1.54, 1.807) is 36.4 Å². The zero-order chi connectivity index (χ0) is 22.3. The number of rotatable bonds is 4. The first kappa shape index (κ1) is 21.2. The van der Waals surface area contributed by atoms with Gasteiger partial charge in [-0.2, -0.15) is 0 Å². The fourth-order valence-corrected chi connectivity index (χ4v) is 3.80. The number of anilines is 2. The van der Waals surface area contributed by atoms with Crippen LogP contribution in [-0.4, -0.2) is 11.8 Å². The first-order valence-electron chi connectivity index (χ1n) is 9.75. The van der Waals surface area contributed by atoms with E-state index in [1.165, 1.54) is 4.90 Å². The molecule has 0 radical (unpaired) electrons. The number of nitrogens with one attached hydrogen (secondary N) is 1. The second-order valence-corrected chi connectivity index (χ2v) is 8.43. The Labute approximate surface area is 191 Å². The minimum absolute atomic E-state index is 0.216. The van der Waals surface area contributed by atoms with Crippen molar-refractivity contribution in [3.05, 3.63) is 98.7 Å². The minimum atomic E-state index is -0.431. The van der Waals surface area contributed by atoms with E-state index < -0.39 is 11.8 Å². The third-order valence-corrected chi connectivity index (χ3v) is 5.91. The molecular formula is C25H20Cl2N2O2. The van der Waals surface area contributed by atoms with E-state index in [4.69, 9.17) is 23.2 Å². The Morgan fingerprint density at radius 3 is 2.03 bits per heavy atom. The van der Waals surface area contributed by atoms with Crippen LogP contribution in [-0.2, 0) is 9.59 Å². The molecule has 31 heavy (non-hydrogen) atoms. The lowest BCUT2D eigenvalue weighted by Crippen LogP contribution is -2.32. The fraction of sp³-hybridized carbons (Fsp3) is 0.120.